The van der Waals surface area contributed by atoms with Crippen molar-refractivity contribution < 1.29 is 9.59 Å². The van der Waals surface area contributed by atoms with Gasteiger partial charge in [-0.2, -0.15) is 0 Å². The van der Waals surface area contributed by atoms with E-state index in [0.29, 0.717) is 5.01 Å². The van der Waals surface area contributed by atoms with Gasteiger partial charge in [0.05, 0.1) is 5.33 Å². The molecule has 46 valence electrons. The average molecular weight is 181 g/mol. The summed E-state index contributed by atoms with van der Waals surface area (Å²) in [6.45, 7) is 0. The van der Waals surface area contributed by atoms with Gasteiger partial charge < -0.3 is 0 Å². The summed E-state index contributed by atoms with van der Waals surface area (Å²) in [5.74, 6) is 4.35. The molecule has 0 aromatic rings. The molecule has 0 unspecified atom stereocenters. The molecule has 0 aromatic heterocycles. The van der Waals surface area contributed by atoms with Gasteiger partial charge in [-0.3, -0.25) is 9.59 Å². The fourth-order valence-electron chi connectivity index (χ4n) is 0.128. The first-order chi connectivity index (χ1) is 3.72. The third-order valence-electron chi connectivity index (χ3n) is 0.516. The molecule has 4 nitrogen and oxygen atoms in total. The van der Waals surface area contributed by atoms with Gasteiger partial charge in [-0.25, -0.2) is 10.9 Å². The molecule has 0 rings (SSSR count). The Balaban J connectivity index is 3.62. The Hall–Kier alpha value is -0.420. The maximum atomic E-state index is 10.3. The quantitative estimate of drug-likeness (QED) is 0.200. The van der Waals surface area contributed by atoms with Gasteiger partial charge in [-0.05, 0) is 0 Å². The second-order valence-electron chi connectivity index (χ2n) is 1.04. The topological polar surface area (TPSA) is 63.4 Å². The van der Waals surface area contributed by atoms with E-state index in [9.17, 15) is 9.59 Å². The first-order valence-corrected chi connectivity index (χ1v) is 2.92. The molecule has 0 radical (unpaired) electrons. The highest BCUT2D eigenvalue weighted by Crippen LogP contribution is 1.81. The predicted molar refractivity (Wildman–Crippen MR) is 30.9 cm³/mol. The standard InChI is InChI=1S/C3H5BrN2O2/c4-1-3(8)6(5)2-7/h2H,1,5H2. The molecule has 0 aromatic carbocycles. The SMILES string of the molecule is NN(C=O)C(=O)CBr. The number of nitrogens with two attached hydrogens (primary N) is 1. The summed E-state index contributed by atoms with van der Waals surface area (Å²) >= 11 is 2.83. The number of hydrogen-bond donors (Lipinski definition) is 1. The number of alkyl halides is 1. The molecule has 0 aliphatic heterocycles. The summed E-state index contributed by atoms with van der Waals surface area (Å²) in [6, 6.07) is 0. The van der Waals surface area contributed by atoms with E-state index in [4.69, 9.17) is 5.84 Å². The van der Waals surface area contributed by atoms with Gasteiger partial charge in [0.25, 0.3) is 5.91 Å². The summed E-state index contributed by atoms with van der Waals surface area (Å²) < 4.78 is 0. The van der Waals surface area contributed by atoms with Gasteiger partial charge in [-0.1, -0.05) is 15.9 Å². The van der Waals surface area contributed by atoms with Crippen molar-refractivity contribution in [1.82, 2.24) is 5.01 Å². The fourth-order valence-corrected chi connectivity index (χ4v) is 0.417. The maximum absolute atomic E-state index is 10.3. The molecule has 2 N–H and O–H groups in total. The van der Waals surface area contributed by atoms with Gasteiger partial charge in [0.1, 0.15) is 0 Å². The summed E-state index contributed by atoms with van der Waals surface area (Å²) in [5, 5.41) is 0.553. The molecule has 5 heteroatoms. The van der Waals surface area contributed by atoms with Crippen LogP contribution in [0.25, 0.3) is 0 Å². The molecule has 0 heterocycles. The third-order valence-corrected chi connectivity index (χ3v) is 0.996. The molecule has 0 aliphatic carbocycles. The lowest BCUT2D eigenvalue weighted by Crippen LogP contribution is -2.36. The summed E-state index contributed by atoms with van der Waals surface area (Å²) in [4.78, 5) is 19.9. The fraction of sp³-hybridized carbons (Fsp3) is 0.333. The van der Waals surface area contributed by atoms with Gasteiger partial charge in [-0.15, -0.1) is 0 Å². The van der Waals surface area contributed by atoms with Crippen LogP contribution in [0.15, 0.2) is 0 Å². The van der Waals surface area contributed by atoms with Crippen LogP contribution >= 0.6 is 15.9 Å². The van der Waals surface area contributed by atoms with Crippen molar-refractivity contribution in [3.05, 3.63) is 0 Å². The molecular weight excluding hydrogens is 176 g/mol. The highest BCUT2D eigenvalue weighted by Gasteiger charge is 2.02. The molecule has 8 heavy (non-hydrogen) atoms. The van der Waals surface area contributed by atoms with Crippen molar-refractivity contribution in [3.8, 4) is 0 Å². The van der Waals surface area contributed by atoms with Crippen LogP contribution in [0.3, 0.4) is 0 Å². The molecule has 2 amide bonds. The Morgan fingerprint density at radius 2 is 2.38 bits per heavy atom. The van der Waals surface area contributed by atoms with Crippen LogP contribution in [-0.4, -0.2) is 22.7 Å². The molecular formula is C3H5BrN2O2. The van der Waals surface area contributed by atoms with E-state index in [2.05, 4.69) is 15.9 Å². The van der Waals surface area contributed by atoms with Crippen molar-refractivity contribution in [2.24, 2.45) is 5.84 Å². The number of carbonyl (C=O) groups excluding carboxylic acids is 2. The zero-order valence-corrected chi connectivity index (χ0v) is 5.59. The number of imide groups is 1. The monoisotopic (exact) mass is 180 g/mol. The highest BCUT2D eigenvalue weighted by molar-refractivity contribution is 9.09. The minimum absolute atomic E-state index is 0.0717. The summed E-state index contributed by atoms with van der Waals surface area (Å²) in [6.07, 6.45) is 0.254. The van der Waals surface area contributed by atoms with Crippen molar-refractivity contribution in [1.29, 1.82) is 0 Å². The van der Waals surface area contributed by atoms with E-state index in [-0.39, 0.29) is 11.7 Å². The first kappa shape index (κ1) is 7.58. The lowest BCUT2D eigenvalue weighted by atomic mass is 10.7. The van der Waals surface area contributed by atoms with Crippen LogP contribution in [0.1, 0.15) is 0 Å². The molecule has 0 saturated carbocycles. The van der Waals surface area contributed by atoms with Gasteiger partial charge in [0, 0.05) is 0 Å². The van der Waals surface area contributed by atoms with Crippen molar-refractivity contribution >= 4 is 28.2 Å². The van der Waals surface area contributed by atoms with Crippen LogP contribution in [0.5, 0.6) is 0 Å². The number of carbonyl (C=O) groups is 2. The first-order valence-electron chi connectivity index (χ1n) is 1.80. The van der Waals surface area contributed by atoms with Crippen LogP contribution in [0.4, 0.5) is 0 Å². The van der Waals surface area contributed by atoms with Crippen LogP contribution in [0, 0.1) is 0 Å². The Labute approximate surface area is 54.7 Å². The van der Waals surface area contributed by atoms with E-state index in [1.165, 1.54) is 0 Å². The second-order valence-corrected chi connectivity index (χ2v) is 1.60. The Kier molecular flexibility index (Phi) is 3.38. The van der Waals surface area contributed by atoms with Crippen molar-refractivity contribution in [3.63, 3.8) is 0 Å². The Bertz CT molecular complexity index is 105. The summed E-state index contributed by atoms with van der Waals surface area (Å²) in [7, 11) is 0. The molecule has 0 aliphatic rings. The zero-order chi connectivity index (χ0) is 6.57. The molecule has 0 atom stereocenters. The lowest BCUT2D eigenvalue weighted by molar-refractivity contribution is -0.136. The smallest absolute Gasteiger partial charge is 0.253 e. The van der Waals surface area contributed by atoms with Crippen molar-refractivity contribution in [2.45, 2.75) is 0 Å². The van der Waals surface area contributed by atoms with Gasteiger partial charge in [0.2, 0.25) is 6.41 Å². The predicted octanol–water partition coefficient (Wildman–Crippen LogP) is -0.760. The Morgan fingerprint density at radius 3 is 2.50 bits per heavy atom. The Morgan fingerprint density at radius 1 is 1.88 bits per heavy atom. The number of amides is 2. The molecule has 0 spiro atoms. The number of hydrazine groups is 1. The van der Waals surface area contributed by atoms with E-state index in [1.54, 1.807) is 0 Å². The normalized spacial score (nSPS) is 8.25. The average Bonchev–Trinajstić information content (AvgIpc) is 1.84. The number of nitrogens with zero attached hydrogens (tertiary/aromatic N) is 1. The van der Waals surface area contributed by atoms with Crippen LogP contribution in [-0.2, 0) is 9.59 Å². The van der Waals surface area contributed by atoms with Crippen molar-refractivity contribution in [2.75, 3.05) is 5.33 Å². The van der Waals surface area contributed by atoms with Gasteiger partial charge in [0.15, 0.2) is 0 Å². The zero-order valence-electron chi connectivity index (χ0n) is 4.00. The molecule has 0 bridgehead atoms. The maximum Gasteiger partial charge on any atom is 0.253 e. The minimum Gasteiger partial charge on any atom is -0.277 e. The largest absolute Gasteiger partial charge is 0.277 e. The molecule has 0 fully saturated rings. The number of halogens is 1. The summed E-state index contributed by atoms with van der Waals surface area (Å²) in [5.41, 5.74) is 0. The van der Waals surface area contributed by atoms with Crippen LogP contribution in [0.2, 0.25) is 0 Å². The van der Waals surface area contributed by atoms with E-state index < -0.39 is 5.91 Å². The lowest BCUT2D eigenvalue weighted by Gasteiger charge is -2.02. The van der Waals surface area contributed by atoms with Gasteiger partial charge >= 0.3 is 0 Å². The molecule has 0 saturated heterocycles. The second kappa shape index (κ2) is 3.57. The highest BCUT2D eigenvalue weighted by atomic mass is 79.9. The minimum atomic E-state index is -0.458. The van der Waals surface area contributed by atoms with E-state index in [0.717, 1.165) is 0 Å². The third kappa shape index (κ3) is 2.04. The van der Waals surface area contributed by atoms with E-state index in [1.807, 2.05) is 0 Å². The van der Waals surface area contributed by atoms with E-state index >= 15 is 0 Å². The van der Waals surface area contributed by atoms with Crippen LogP contribution < -0.4 is 5.84 Å². The number of rotatable bonds is 2. The number of hydrogen-bond acceptors (Lipinski definition) is 3.